The molecule has 0 saturated carbocycles. The third kappa shape index (κ3) is 4.78. The first-order valence-electron chi connectivity index (χ1n) is 6.57. The zero-order valence-corrected chi connectivity index (χ0v) is 12.3. The fraction of sp³-hybridized carbons (Fsp3) is 0.571. The minimum absolute atomic E-state index is 0.169. The number of nitrogens with one attached hydrogen (secondary N) is 1. The molecular weight excluding hydrogens is 246 g/mol. The summed E-state index contributed by atoms with van der Waals surface area (Å²) in [6.07, 6.45) is 2.59. The van der Waals surface area contributed by atoms with E-state index in [0.717, 1.165) is 18.4 Å². The van der Waals surface area contributed by atoms with Gasteiger partial charge in [-0.05, 0) is 30.9 Å². The standard InChI is InChI=1S/C14H23NO2S/c1-4-6-11-18(16,17)15-12(3)14-9-7-13(5-2)8-10-14/h7-10,12,15H,4-6,11H2,1-3H3/t12-/m1/s1. The van der Waals surface area contributed by atoms with Crippen molar-refractivity contribution in [2.45, 2.75) is 46.1 Å². The topological polar surface area (TPSA) is 46.2 Å². The fourth-order valence-electron chi connectivity index (χ4n) is 1.77. The Morgan fingerprint density at radius 2 is 1.78 bits per heavy atom. The van der Waals surface area contributed by atoms with E-state index in [1.807, 2.05) is 38.1 Å². The molecule has 1 rings (SSSR count). The highest BCUT2D eigenvalue weighted by atomic mass is 32.2. The average Bonchev–Trinajstić information content (AvgIpc) is 2.36. The molecule has 0 heterocycles. The zero-order chi connectivity index (χ0) is 13.6. The number of hydrogen-bond donors (Lipinski definition) is 1. The van der Waals surface area contributed by atoms with Crippen LogP contribution in [-0.4, -0.2) is 14.2 Å². The van der Waals surface area contributed by atoms with Gasteiger partial charge in [-0.15, -0.1) is 0 Å². The van der Waals surface area contributed by atoms with E-state index in [4.69, 9.17) is 0 Å². The van der Waals surface area contributed by atoms with Crippen molar-refractivity contribution in [2.24, 2.45) is 0 Å². The smallest absolute Gasteiger partial charge is 0.212 e. The number of benzene rings is 1. The number of rotatable bonds is 7. The van der Waals surface area contributed by atoms with Crippen LogP contribution in [0.5, 0.6) is 0 Å². The number of unbranched alkanes of at least 4 members (excludes halogenated alkanes) is 1. The minimum Gasteiger partial charge on any atom is -0.212 e. The van der Waals surface area contributed by atoms with Crippen molar-refractivity contribution in [1.82, 2.24) is 4.72 Å². The molecule has 0 unspecified atom stereocenters. The lowest BCUT2D eigenvalue weighted by molar-refractivity contribution is 0.564. The molecule has 0 aliphatic rings. The Balaban J connectivity index is 2.66. The van der Waals surface area contributed by atoms with Crippen LogP contribution in [0.4, 0.5) is 0 Å². The summed E-state index contributed by atoms with van der Waals surface area (Å²) >= 11 is 0. The van der Waals surface area contributed by atoms with Gasteiger partial charge in [0.15, 0.2) is 0 Å². The first-order valence-corrected chi connectivity index (χ1v) is 8.22. The lowest BCUT2D eigenvalue weighted by Gasteiger charge is -2.14. The molecule has 4 heteroatoms. The Morgan fingerprint density at radius 3 is 2.28 bits per heavy atom. The Morgan fingerprint density at radius 1 is 1.17 bits per heavy atom. The van der Waals surface area contributed by atoms with Crippen LogP contribution >= 0.6 is 0 Å². The quantitative estimate of drug-likeness (QED) is 0.827. The van der Waals surface area contributed by atoms with Crippen molar-refractivity contribution in [1.29, 1.82) is 0 Å². The molecule has 0 radical (unpaired) electrons. The molecule has 0 amide bonds. The monoisotopic (exact) mass is 269 g/mol. The first kappa shape index (κ1) is 15.2. The molecule has 0 fully saturated rings. The molecule has 18 heavy (non-hydrogen) atoms. The van der Waals surface area contributed by atoms with Crippen molar-refractivity contribution in [3.05, 3.63) is 35.4 Å². The first-order chi connectivity index (χ1) is 8.48. The molecule has 0 aliphatic heterocycles. The highest BCUT2D eigenvalue weighted by molar-refractivity contribution is 7.89. The maximum Gasteiger partial charge on any atom is 0.212 e. The van der Waals surface area contributed by atoms with Crippen LogP contribution in [0.1, 0.15) is 50.8 Å². The van der Waals surface area contributed by atoms with Gasteiger partial charge < -0.3 is 0 Å². The van der Waals surface area contributed by atoms with Gasteiger partial charge in [-0.25, -0.2) is 13.1 Å². The fourth-order valence-corrected chi connectivity index (χ4v) is 3.23. The van der Waals surface area contributed by atoms with Gasteiger partial charge in [0.2, 0.25) is 10.0 Å². The van der Waals surface area contributed by atoms with Gasteiger partial charge >= 0.3 is 0 Å². The summed E-state index contributed by atoms with van der Waals surface area (Å²) in [7, 11) is -3.16. The van der Waals surface area contributed by atoms with Crippen LogP contribution < -0.4 is 4.72 Å². The van der Waals surface area contributed by atoms with E-state index in [1.165, 1.54) is 5.56 Å². The minimum atomic E-state index is -3.16. The molecular formula is C14H23NO2S. The second-order valence-electron chi connectivity index (χ2n) is 4.61. The van der Waals surface area contributed by atoms with Crippen LogP contribution in [0.3, 0.4) is 0 Å². The number of sulfonamides is 1. The van der Waals surface area contributed by atoms with Gasteiger partial charge in [0.05, 0.1) is 5.75 Å². The van der Waals surface area contributed by atoms with E-state index in [2.05, 4.69) is 11.6 Å². The molecule has 0 bridgehead atoms. The average molecular weight is 269 g/mol. The van der Waals surface area contributed by atoms with Gasteiger partial charge in [-0.2, -0.15) is 0 Å². The summed E-state index contributed by atoms with van der Waals surface area (Å²) in [5, 5.41) is 0. The van der Waals surface area contributed by atoms with Crippen LogP contribution in [0.25, 0.3) is 0 Å². The van der Waals surface area contributed by atoms with Crippen LogP contribution in [0, 0.1) is 0 Å². The summed E-state index contributed by atoms with van der Waals surface area (Å²) in [5.74, 6) is 0.209. The largest absolute Gasteiger partial charge is 0.212 e. The normalized spacial score (nSPS) is 13.5. The number of hydrogen-bond acceptors (Lipinski definition) is 2. The van der Waals surface area contributed by atoms with Crippen molar-refractivity contribution in [3.8, 4) is 0 Å². The lowest BCUT2D eigenvalue weighted by Crippen LogP contribution is -2.29. The lowest BCUT2D eigenvalue weighted by atomic mass is 10.1. The molecule has 1 aromatic rings. The Hall–Kier alpha value is -0.870. The molecule has 1 aromatic carbocycles. The third-order valence-electron chi connectivity index (χ3n) is 3.01. The molecule has 0 saturated heterocycles. The third-order valence-corrected chi connectivity index (χ3v) is 4.55. The van der Waals surface area contributed by atoms with E-state index in [0.29, 0.717) is 6.42 Å². The maximum atomic E-state index is 11.8. The Kier molecular flexibility index (Phi) is 5.82. The molecule has 0 aliphatic carbocycles. The summed E-state index contributed by atoms with van der Waals surface area (Å²) in [6.45, 7) is 5.97. The van der Waals surface area contributed by atoms with E-state index in [1.54, 1.807) is 0 Å². The van der Waals surface area contributed by atoms with Crippen LogP contribution in [0.15, 0.2) is 24.3 Å². The van der Waals surface area contributed by atoms with E-state index >= 15 is 0 Å². The summed E-state index contributed by atoms with van der Waals surface area (Å²) < 4.78 is 26.3. The van der Waals surface area contributed by atoms with Crippen LogP contribution in [-0.2, 0) is 16.4 Å². The van der Waals surface area contributed by atoms with Crippen LogP contribution in [0.2, 0.25) is 0 Å². The maximum absolute atomic E-state index is 11.8. The zero-order valence-electron chi connectivity index (χ0n) is 11.4. The number of aryl methyl sites for hydroxylation is 1. The van der Waals surface area contributed by atoms with E-state index < -0.39 is 10.0 Å². The van der Waals surface area contributed by atoms with Gasteiger partial charge in [0.1, 0.15) is 0 Å². The van der Waals surface area contributed by atoms with Gasteiger partial charge in [0.25, 0.3) is 0 Å². The molecule has 0 aromatic heterocycles. The molecule has 0 spiro atoms. The molecule has 3 nitrogen and oxygen atoms in total. The van der Waals surface area contributed by atoms with Crippen molar-refractivity contribution >= 4 is 10.0 Å². The van der Waals surface area contributed by atoms with Crippen molar-refractivity contribution < 1.29 is 8.42 Å². The highest BCUT2D eigenvalue weighted by Crippen LogP contribution is 2.15. The van der Waals surface area contributed by atoms with E-state index in [9.17, 15) is 8.42 Å². The summed E-state index contributed by atoms with van der Waals surface area (Å²) in [5.41, 5.74) is 2.27. The predicted molar refractivity (Wildman–Crippen MR) is 76.1 cm³/mol. The van der Waals surface area contributed by atoms with Gasteiger partial charge in [0, 0.05) is 6.04 Å². The van der Waals surface area contributed by atoms with Crippen molar-refractivity contribution in [2.75, 3.05) is 5.75 Å². The van der Waals surface area contributed by atoms with Gasteiger partial charge in [-0.3, -0.25) is 0 Å². The summed E-state index contributed by atoms with van der Waals surface area (Å²) in [4.78, 5) is 0. The van der Waals surface area contributed by atoms with E-state index in [-0.39, 0.29) is 11.8 Å². The SMILES string of the molecule is CCCCS(=O)(=O)N[C@H](C)c1ccc(CC)cc1. The molecule has 1 N–H and O–H groups in total. The molecule has 102 valence electrons. The Labute approximate surface area is 111 Å². The van der Waals surface area contributed by atoms with Crippen molar-refractivity contribution in [3.63, 3.8) is 0 Å². The highest BCUT2D eigenvalue weighted by Gasteiger charge is 2.14. The predicted octanol–water partition coefficient (Wildman–Crippen LogP) is 3.03. The second-order valence-corrected chi connectivity index (χ2v) is 6.48. The summed E-state index contributed by atoms with van der Waals surface area (Å²) in [6, 6.07) is 7.91. The van der Waals surface area contributed by atoms with Gasteiger partial charge in [-0.1, -0.05) is 44.5 Å². The molecule has 1 atom stereocenters. The second kappa shape index (κ2) is 6.90. The Bertz CT molecular complexity index is 451.